The van der Waals surface area contributed by atoms with E-state index >= 15 is 0 Å². The van der Waals surface area contributed by atoms with Crippen molar-refractivity contribution in [3.8, 4) is 0 Å². The monoisotopic (exact) mass is 381 g/mol. The third-order valence-corrected chi connectivity index (χ3v) is 5.43. The second-order valence-electron chi connectivity index (χ2n) is 7.45. The number of hydrogen-bond donors (Lipinski definition) is 0. The summed E-state index contributed by atoms with van der Waals surface area (Å²) < 4.78 is 28.9. The molecule has 2 aromatic carbocycles. The fourth-order valence-electron chi connectivity index (χ4n) is 4.00. The predicted octanol–water partition coefficient (Wildman–Crippen LogP) is 5.25. The van der Waals surface area contributed by atoms with E-state index in [9.17, 15) is 8.78 Å². The molecule has 0 unspecified atom stereocenters. The fraction of sp³-hybridized carbons (Fsp3) is 0.348. The average Bonchev–Trinajstić information content (AvgIpc) is 3.14. The number of alkyl halides is 2. The standard InChI is InChI=1S/C23H25F2N3/c24-22(25)23-26-20(15-18-7-3-1-4-8-18)17-28(23)21-11-13-27(14-12-21)16-19-9-5-2-6-10-19/h1-10,17,21-22H,11-16H2. The predicted molar refractivity (Wildman–Crippen MR) is 106 cm³/mol. The highest BCUT2D eigenvalue weighted by molar-refractivity contribution is 5.22. The van der Waals surface area contributed by atoms with Gasteiger partial charge in [-0.25, -0.2) is 13.8 Å². The first kappa shape index (κ1) is 18.8. The topological polar surface area (TPSA) is 21.1 Å². The molecule has 1 aliphatic rings. The maximum Gasteiger partial charge on any atom is 0.295 e. The van der Waals surface area contributed by atoms with Gasteiger partial charge in [0, 0.05) is 38.3 Å². The van der Waals surface area contributed by atoms with Crippen molar-refractivity contribution in [2.45, 2.75) is 38.3 Å². The van der Waals surface area contributed by atoms with Crippen LogP contribution in [0.5, 0.6) is 0 Å². The first-order valence-corrected chi connectivity index (χ1v) is 9.85. The highest BCUT2D eigenvalue weighted by Crippen LogP contribution is 2.29. The summed E-state index contributed by atoms with van der Waals surface area (Å²) in [5.74, 6) is -0.0903. The molecule has 5 heteroatoms. The molecular formula is C23H25F2N3. The van der Waals surface area contributed by atoms with Crippen LogP contribution in [-0.4, -0.2) is 27.5 Å². The highest BCUT2D eigenvalue weighted by atomic mass is 19.3. The zero-order valence-electron chi connectivity index (χ0n) is 15.8. The van der Waals surface area contributed by atoms with Crippen molar-refractivity contribution in [2.75, 3.05) is 13.1 Å². The summed E-state index contributed by atoms with van der Waals surface area (Å²) in [5, 5.41) is 0. The quantitative estimate of drug-likeness (QED) is 0.582. The Labute approximate surface area is 164 Å². The SMILES string of the molecule is FC(F)c1nc(Cc2ccccc2)cn1C1CCN(Cc2ccccc2)CC1. The smallest absolute Gasteiger partial charge is 0.295 e. The van der Waals surface area contributed by atoms with E-state index in [1.807, 2.05) is 42.6 Å². The molecule has 1 aliphatic heterocycles. The minimum Gasteiger partial charge on any atom is -0.327 e. The van der Waals surface area contributed by atoms with Crippen LogP contribution in [0.15, 0.2) is 66.9 Å². The normalized spacial score (nSPS) is 16.0. The highest BCUT2D eigenvalue weighted by Gasteiger charge is 2.26. The van der Waals surface area contributed by atoms with Crippen molar-refractivity contribution >= 4 is 0 Å². The number of aromatic nitrogens is 2. The molecular weight excluding hydrogens is 356 g/mol. The molecule has 2 heterocycles. The zero-order chi connectivity index (χ0) is 19.3. The molecule has 0 N–H and O–H groups in total. The van der Waals surface area contributed by atoms with Crippen LogP contribution in [0.3, 0.4) is 0 Å². The number of benzene rings is 2. The van der Waals surface area contributed by atoms with Crippen LogP contribution in [-0.2, 0) is 13.0 Å². The van der Waals surface area contributed by atoms with Crippen molar-refractivity contribution in [1.29, 1.82) is 0 Å². The maximum atomic E-state index is 13.6. The molecule has 1 aromatic heterocycles. The van der Waals surface area contributed by atoms with Gasteiger partial charge in [0.05, 0.1) is 5.69 Å². The number of nitrogens with zero attached hydrogens (tertiary/aromatic N) is 3. The van der Waals surface area contributed by atoms with Crippen molar-refractivity contribution in [3.05, 3.63) is 89.5 Å². The third-order valence-electron chi connectivity index (χ3n) is 5.43. The first-order valence-electron chi connectivity index (χ1n) is 9.85. The molecule has 146 valence electrons. The van der Waals surface area contributed by atoms with Crippen LogP contribution in [0, 0.1) is 0 Å². The Hall–Kier alpha value is -2.53. The maximum absolute atomic E-state index is 13.6. The van der Waals surface area contributed by atoms with Gasteiger partial charge in [0.1, 0.15) is 0 Å². The summed E-state index contributed by atoms with van der Waals surface area (Å²) in [4.78, 5) is 6.66. The molecule has 0 radical (unpaired) electrons. The second-order valence-corrected chi connectivity index (χ2v) is 7.45. The molecule has 28 heavy (non-hydrogen) atoms. The molecule has 1 fully saturated rings. The summed E-state index contributed by atoms with van der Waals surface area (Å²) in [5.41, 5.74) is 3.10. The number of likely N-dealkylation sites (tertiary alicyclic amines) is 1. The Morgan fingerprint density at radius 3 is 2.11 bits per heavy atom. The van der Waals surface area contributed by atoms with Gasteiger partial charge in [-0.2, -0.15) is 0 Å². The van der Waals surface area contributed by atoms with Gasteiger partial charge in [0.2, 0.25) is 0 Å². The van der Waals surface area contributed by atoms with Gasteiger partial charge >= 0.3 is 0 Å². The minimum absolute atomic E-state index is 0.0903. The van der Waals surface area contributed by atoms with Gasteiger partial charge in [0.25, 0.3) is 6.43 Å². The van der Waals surface area contributed by atoms with Crippen molar-refractivity contribution in [1.82, 2.24) is 14.5 Å². The van der Waals surface area contributed by atoms with Crippen LogP contribution < -0.4 is 0 Å². The van der Waals surface area contributed by atoms with E-state index in [1.165, 1.54) is 5.56 Å². The molecule has 1 saturated heterocycles. The zero-order valence-corrected chi connectivity index (χ0v) is 15.8. The number of piperidine rings is 1. The van der Waals surface area contributed by atoms with Crippen LogP contribution in [0.25, 0.3) is 0 Å². The Bertz CT molecular complexity index is 869. The lowest BCUT2D eigenvalue weighted by Crippen LogP contribution is -2.34. The number of halogens is 2. The number of hydrogen-bond acceptors (Lipinski definition) is 2. The van der Waals surface area contributed by atoms with E-state index in [4.69, 9.17) is 0 Å². The minimum atomic E-state index is -2.55. The van der Waals surface area contributed by atoms with Gasteiger partial charge in [-0.3, -0.25) is 4.90 Å². The van der Waals surface area contributed by atoms with E-state index < -0.39 is 6.43 Å². The number of imidazole rings is 1. The Morgan fingerprint density at radius 1 is 0.893 bits per heavy atom. The molecule has 4 rings (SSSR count). The van der Waals surface area contributed by atoms with Gasteiger partial charge < -0.3 is 4.57 Å². The van der Waals surface area contributed by atoms with Gasteiger partial charge in [-0.05, 0) is 24.0 Å². The van der Waals surface area contributed by atoms with E-state index in [0.29, 0.717) is 12.1 Å². The molecule has 3 nitrogen and oxygen atoms in total. The molecule has 0 atom stereocenters. The summed E-state index contributed by atoms with van der Waals surface area (Å²) >= 11 is 0. The molecule has 3 aromatic rings. The summed E-state index contributed by atoms with van der Waals surface area (Å²) in [6.45, 7) is 2.74. The summed E-state index contributed by atoms with van der Waals surface area (Å²) in [6.07, 6.45) is 1.61. The van der Waals surface area contributed by atoms with Gasteiger partial charge in [-0.1, -0.05) is 60.7 Å². The molecule has 0 aliphatic carbocycles. The summed E-state index contributed by atoms with van der Waals surface area (Å²) in [6, 6.07) is 20.4. The Kier molecular flexibility index (Phi) is 5.81. The first-order chi connectivity index (χ1) is 13.7. The van der Waals surface area contributed by atoms with E-state index in [-0.39, 0.29) is 11.9 Å². The second kappa shape index (κ2) is 8.65. The summed E-state index contributed by atoms with van der Waals surface area (Å²) in [7, 11) is 0. The lowest BCUT2D eigenvalue weighted by atomic mass is 10.0. The van der Waals surface area contributed by atoms with Crippen LogP contribution >= 0.6 is 0 Å². The number of rotatable bonds is 6. The fourth-order valence-corrected chi connectivity index (χ4v) is 4.00. The third kappa shape index (κ3) is 4.47. The van der Waals surface area contributed by atoms with Crippen LogP contribution in [0.2, 0.25) is 0 Å². The van der Waals surface area contributed by atoms with Gasteiger partial charge in [0.15, 0.2) is 5.82 Å². The lowest BCUT2D eigenvalue weighted by molar-refractivity contribution is 0.122. The largest absolute Gasteiger partial charge is 0.327 e. The molecule has 0 amide bonds. The molecule has 0 bridgehead atoms. The van der Waals surface area contributed by atoms with Crippen molar-refractivity contribution in [3.63, 3.8) is 0 Å². The van der Waals surface area contributed by atoms with E-state index in [2.05, 4.69) is 34.1 Å². The molecule has 0 saturated carbocycles. The van der Waals surface area contributed by atoms with Crippen molar-refractivity contribution in [2.24, 2.45) is 0 Å². The van der Waals surface area contributed by atoms with E-state index in [0.717, 1.165) is 38.0 Å². The Balaban J connectivity index is 1.43. The van der Waals surface area contributed by atoms with E-state index in [1.54, 1.807) is 4.57 Å². The molecule has 0 spiro atoms. The average molecular weight is 381 g/mol. The van der Waals surface area contributed by atoms with Crippen LogP contribution in [0.1, 0.15) is 48.0 Å². The Morgan fingerprint density at radius 2 is 1.50 bits per heavy atom. The van der Waals surface area contributed by atoms with Crippen LogP contribution in [0.4, 0.5) is 8.78 Å². The van der Waals surface area contributed by atoms with Gasteiger partial charge in [-0.15, -0.1) is 0 Å². The van der Waals surface area contributed by atoms with Crippen molar-refractivity contribution < 1.29 is 8.78 Å². The lowest BCUT2D eigenvalue weighted by Gasteiger charge is -2.33.